The van der Waals surface area contributed by atoms with Crippen molar-refractivity contribution in [1.29, 1.82) is 0 Å². The fraction of sp³-hybridized carbons (Fsp3) is 0.520. The summed E-state index contributed by atoms with van der Waals surface area (Å²) < 4.78 is 10.1. The number of ether oxygens (including phenoxy) is 2. The highest BCUT2D eigenvalue weighted by Gasteiger charge is 2.33. The van der Waals surface area contributed by atoms with Gasteiger partial charge in [0.2, 0.25) is 11.8 Å². The Bertz CT molecular complexity index is 871. The molecule has 0 radical (unpaired) electrons. The number of carbonyl (C=O) groups is 4. The number of carbonyl (C=O) groups excluding carboxylic acids is 4. The van der Waals surface area contributed by atoms with E-state index < -0.39 is 35.5 Å². The minimum atomic E-state index is -0.991. The Balaban J connectivity index is 3.18. The Morgan fingerprint density at radius 1 is 1.12 bits per heavy atom. The number of benzene rings is 1. The standard InChI is InChI=1S/C25H37N3O6/c1-8-15-28(19(29)16-27-24(32)34-25(5,6)7)22(21-17(3)11-10-12-18(21)4)23(31)26-14-13-20(30)33-9-2/h8,10-12,22H,1,9,13-16H2,2-7H3,(H,26,31)(H,27,32). The maximum Gasteiger partial charge on any atom is 0.408 e. The van der Waals surface area contributed by atoms with Crippen LogP contribution in [-0.2, 0) is 23.9 Å². The first-order valence-corrected chi connectivity index (χ1v) is 11.3. The minimum absolute atomic E-state index is 0.00859. The lowest BCUT2D eigenvalue weighted by Gasteiger charge is -2.32. The molecule has 0 bridgehead atoms. The molecule has 188 valence electrons. The van der Waals surface area contributed by atoms with Gasteiger partial charge in [-0.25, -0.2) is 4.79 Å². The van der Waals surface area contributed by atoms with Crippen molar-refractivity contribution in [2.75, 3.05) is 26.2 Å². The third-order valence-electron chi connectivity index (χ3n) is 4.74. The largest absolute Gasteiger partial charge is 0.466 e. The van der Waals surface area contributed by atoms with Crippen molar-refractivity contribution in [3.05, 3.63) is 47.5 Å². The highest BCUT2D eigenvalue weighted by molar-refractivity contribution is 5.91. The Morgan fingerprint density at radius 2 is 1.74 bits per heavy atom. The smallest absolute Gasteiger partial charge is 0.408 e. The fourth-order valence-electron chi connectivity index (χ4n) is 3.36. The molecule has 0 aliphatic heterocycles. The number of amides is 3. The summed E-state index contributed by atoms with van der Waals surface area (Å²) >= 11 is 0. The summed E-state index contributed by atoms with van der Waals surface area (Å²) in [6.45, 7) is 14.3. The molecule has 9 heteroatoms. The van der Waals surface area contributed by atoms with E-state index in [1.54, 1.807) is 27.7 Å². The first-order valence-electron chi connectivity index (χ1n) is 11.3. The van der Waals surface area contributed by atoms with Gasteiger partial charge >= 0.3 is 12.1 Å². The first-order chi connectivity index (χ1) is 15.9. The van der Waals surface area contributed by atoms with Gasteiger partial charge in [-0.3, -0.25) is 14.4 Å². The summed E-state index contributed by atoms with van der Waals surface area (Å²) in [4.78, 5) is 51.5. The van der Waals surface area contributed by atoms with Gasteiger partial charge in [0.15, 0.2) is 0 Å². The molecule has 1 aromatic rings. The van der Waals surface area contributed by atoms with Crippen molar-refractivity contribution >= 4 is 23.9 Å². The number of alkyl carbamates (subject to hydrolysis) is 1. The topological polar surface area (TPSA) is 114 Å². The van der Waals surface area contributed by atoms with Crippen molar-refractivity contribution in [3.63, 3.8) is 0 Å². The summed E-state index contributed by atoms with van der Waals surface area (Å²) in [7, 11) is 0. The second-order valence-corrected chi connectivity index (χ2v) is 8.74. The van der Waals surface area contributed by atoms with Gasteiger partial charge in [0.1, 0.15) is 18.2 Å². The molecule has 0 fully saturated rings. The van der Waals surface area contributed by atoms with E-state index in [0.29, 0.717) is 5.56 Å². The van der Waals surface area contributed by atoms with Crippen LogP contribution in [-0.4, -0.2) is 60.6 Å². The molecule has 1 aromatic carbocycles. The zero-order valence-corrected chi connectivity index (χ0v) is 21.0. The zero-order chi connectivity index (χ0) is 25.9. The average molecular weight is 476 g/mol. The lowest BCUT2D eigenvalue weighted by Crippen LogP contribution is -2.48. The highest BCUT2D eigenvalue weighted by Crippen LogP contribution is 2.28. The molecular weight excluding hydrogens is 438 g/mol. The predicted octanol–water partition coefficient (Wildman–Crippen LogP) is 2.95. The van der Waals surface area contributed by atoms with Crippen LogP contribution in [0.4, 0.5) is 4.79 Å². The molecule has 1 unspecified atom stereocenters. The maximum absolute atomic E-state index is 13.3. The Hall–Kier alpha value is -3.36. The third-order valence-corrected chi connectivity index (χ3v) is 4.74. The van der Waals surface area contributed by atoms with Crippen molar-refractivity contribution in [1.82, 2.24) is 15.5 Å². The summed E-state index contributed by atoms with van der Waals surface area (Å²) in [5.74, 6) is -1.36. The van der Waals surface area contributed by atoms with E-state index in [2.05, 4.69) is 17.2 Å². The lowest BCUT2D eigenvalue weighted by atomic mass is 9.94. The Labute approximate surface area is 201 Å². The highest BCUT2D eigenvalue weighted by atomic mass is 16.6. The summed E-state index contributed by atoms with van der Waals surface area (Å²) in [5, 5.41) is 5.18. The SMILES string of the molecule is C=CCN(C(=O)CNC(=O)OC(C)(C)C)C(C(=O)NCCC(=O)OCC)c1c(C)cccc1C. The molecule has 2 N–H and O–H groups in total. The lowest BCUT2D eigenvalue weighted by molar-refractivity contribution is -0.143. The van der Waals surface area contributed by atoms with Gasteiger partial charge in [-0.15, -0.1) is 6.58 Å². The third kappa shape index (κ3) is 9.25. The van der Waals surface area contributed by atoms with Crippen LogP contribution in [0.5, 0.6) is 0 Å². The van der Waals surface area contributed by atoms with Gasteiger partial charge in [0.05, 0.1) is 13.0 Å². The minimum Gasteiger partial charge on any atom is -0.466 e. The second-order valence-electron chi connectivity index (χ2n) is 8.74. The zero-order valence-electron chi connectivity index (χ0n) is 21.0. The maximum atomic E-state index is 13.3. The van der Waals surface area contributed by atoms with Crippen LogP contribution in [0.1, 0.15) is 56.8 Å². The van der Waals surface area contributed by atoms with Gasteiger partial charge in [0, 0.05) is 13.1 Å². The van der Waals surface area contributed by atoms with Crippen LogP contribution in [0.15, 0.2) is 30.9 Å². The molecule has 0 spiro atoms. The van der Waals surface area contributed by atoms with E-state index in [9.17, 15) is 19.2 Å². The van der Waals surface area contributed by atoms with Gasteiger partial charge < -0.3 is 25.0 Å². The molecule has 34 heavy (non-hydrogen) atoms. The van der Waals surface area contributed by atoms with Crippen molar-refractivity contribution in [2.24, 2.45) is 0 Å². The van der Waals surface area contributed by atoms with Crippen molar-refractivity contribution in [3.8, 4) is 0 Å². The van der Waals surface area contributed by atoms with Gasteiger partial charge in [-0.1, -0.05) is 24.3 Å². The average Bonchev–Trinajstić information content (AvgIpc) is 2.72. The second kappa shape index (κ2) is 13.4. The normalized spacial score (nSPS) is 11.7. The molecule has 0 saturated heterocycles. The van der Waals surface area contributed by atoms with Crippen LogP contribution in [0.25, 0.3) is 0 Å². The molecule has 0 heterocycles. The van der Waals surface area contributed by atoms with Crippen LogP contribution in [0.2, 0.25) is 0 Å². The fourth-order valence-corrected chi connectivity index (χ4v) is 3.36. The molecular formula is C25H37N3O6. The number of nitrogens with zero attached hydrogens (tertiary/aromatic N) is 1. The van der Waals surface area contributed by atoms with E-state index in [0.717, 1.165) is 11.1 Å². The van der Waals surface area contributed by atoms with Crippen molar-refractivity contribution in [2.45, 2.75) is 59.6 Å². The number of esters is 1. The molecule has 1 rings (SSSR count). The number of nitrogens with one attached hydrogen (secondary N) is 2. The molecule has 0 aliphatic rings. The number of hydrogen-bond donors (Lipinski definition) is 2. The van der Waals surface area contributed by atoms with Gasteiger partial charge in [-0.05, 0) is 58.2 Å². The van der Waals surface area contributed by atoms with Crippen molar-refractivity contribution < 1.29 is 28.7 Å². The van der Waals surface area contributed by atoms with E-state index >= 15 is 0 Å². The van der Waals surface area contributed by atoms with E-state index in [4.69, 9.17) is 9.47 Å². The summed E-state index contributed by atoms with van der Waals surface area (Å²) in [6, 6.07) is 4.59. The molecule has 9 nitrogen and oxygen atoms in total. The first kappa shape index (κ1) is 28.7. The summed E-state index contributed by atoms with van der Waals surface area (Å²) in [5.41, 5.74) is 1.61. The van der Waals surface area contributed by atoms with E-state index in [1.807, 2.05) is 32.0 Å². The molecule has 0 aromatic heterocycles. The Morgan fingerprint density at radius 3 is 2.26 bits per heavy atom. The van der Waals surface area contributed by atoms with Gasteiger partial charge in [-0.2, -0.15) is 0 Å². The van der Waals surface area contributed by atoms with E-state index in [1.165, 1.54) is 11.0 Å². The molecule has 3 amide bonds. The van der Waals surface area contributed by atoms with Gasteiger partial charge in [0.25, 0.3) is 0 Å². The van der Waals surface area contributed by atoms with E-state index in [-0.39, 0.29) is 32.7 Å². The molecule has 0 aliphatic carbocycles. The van der Waals surface area contributed by atoms with Crippen LogP contribution >= 0.6 is 0 Å². The van der Waals surface area contributed by atoms with Crippen LogP contribution in [0, 0.1) is 13.8 Å². The number of rotatable bonds is 11. The number of hydrogen-bond acceptors (Lipinski definition) is 6. The van der Waals surface area contributed by atoms with Crippen LogP contribution < -0.4 is 10.6 Å². The monoisotopic (exact) mass is 475 g/mol. The quantitative estimate of drug-likeness (QED) is 0.376. The van der Waals surface area contributed by atoms with Crippen LogP contribution in [0.3, 0.4) is 0 Å². The summed E-state index contributed by atoms with van der Waals surface area (Å²) in [6.07, 6.45) is 0.786. The molecule has 1 atom stereocenters. The number of aryl methyl sites for hydroxylation is 2. The molecule has 0 saturated carbocycles. The Kier molecular flexibility index (Phi) is 11.3. The predicted molar refractivity (Wildman–Crippen MR) is 129 cm³/mol.